The van der Waals surface area contributed by atoms with Gasteiger partial charge in [0.1, 0.15) is 11.2 Å². The summed E-state index contributed by atoms with van der Waals surface area (Å²) >= 11 is 0. The van der Waals surface area contributed by atoms with E-state index >= 15 is 0 Å². The third-order valence-corrected chi connectivity index (χ3v) is 3.85. The highest BCUT2D eigenvalue weighted by Gasteiger charge is 2.42. The number of carbonyl (C=O) groups excluding carboxylic acids is 3. The van der Waals surface area contributed by atoms with Crippen molar-refractivity contribution in [3.05, 3.63) is 23.8 Å². The van der Waals surface area contributed by atoms with Gasteiger partial charge >= 0.3 is 18.0 Å². The van der Waals surface area contributed by atoms with Crippen molar-refractivity contribution in [1.82, 2.24) is 4.90 Å². The van der Waals surface area contributed by atoms with Gasteiger partial charge in [-0.25, -0.2) is 14.4 Å². The predicted octanol–water partition coefficient (Wildman–Crippen LogP) is 2.70. The zero-order valence-electron chi connectivity index (χ0n) is 15.4. The smallest absolute Gasteiger partial charge is 0.410 e. The summed E-state index contributed by atoms with van der Waals surface area (Å²) in [6.45, 7) is 12.4. The van der Waals surface area contributed by atoms with Gasteiger partial charge in [0.2, 0.25) is 0 Å². The first-order valence-corrected chi connectivity index (χ1v) is 8.24. The summed E-state index contributed by atoms with van der Waals surface area (Å²) in [5, 5.41) is 0. The highest BCUT2D eigenvalue weighted by atomic mass is 16.7. The van der Waals surface area contributed by atoms with Crippen LogP contribution in [-0.4, -0.2) is 46.9 Å². The second-order valence-electron chi connectivity index (χ2n) is 7.59. The SMILES string of the molecule is C=CC1CC(=C2C(=O)OC(C)(C)OC2=O)CCN1C(=O)OC(C)(C)C. The molecule has 0 bridgehead atoms. The van der Waals surface area contributed by atoms with Crippen LogP contribution in [0.4, 0.5) is 4.79 Å². The Hall–Kier alpha value is -2.31. The Bertz CT molecular complexity index is 618. The number of hydrogen-bond acceptors (Lipinski definition) is 6. The minimum absolute atomic E-state index is 0.0741. The summed E-state index contributed by atoms with van der Waals surface area (Å²) < 4.78 is 15.7. The molecule has 7 heteroatoms. The van der Waals surface area contributed by atoms with E-state index in [2.05, 4.69) is 6.58 Å². The Morgan fingerprint density at radius 2 is 1.84 bits per heavy atom. The molecule has 25 heavy (non-hydrogen) atoms. The number of cyclic esters (lactones) is 2. The molecule has 2 aliphatic heterocycles. The molecule has 0 saturated carbocycles. The van der Waals surface area contributed by atoms with Gasteiger partial charge in [-0.3, -0.25) is 0 Å². The zero-order valence-corrected chi connectivity index (χ0v) is 15.4. The minimum Gasteiger partial charge on any atom is -0.444 e. The fraction of sp³-hybridized carbons (Fsp3) is 0.611. The first-order valence-electron chi connectivity index (χ1n) is 8.24. The van der Waals surface area contributed by atoms with E-state index in [1.165, 1.54) is 13.8 Å². The van der Waals surface area contributed by atoms with Gasteiger partial charge in [-0.05, 0) is 39.2 Å². The summed E-state index contributed by atoms with van der Waals surface area (Å²) in [7, 11) is 0. The Morgan fingerprint density at radius 1 is 1.28 bits per heavy atom. The van der Waals surface area contributed by atoms with Gasteiger partial charge in [0.25, 0.3) is 5.79 Å². The lowest BCUT2D eigenvalue weighted by Gasteiger charge is -2.37. The quantitative estimate of drug-likeness (QED) is 0.313. The largest absolute Gasteiger partial charge is 0.444 e. The van der Waals surface area contributed by atoms with Gasteiger partial charge in [-0.1, -0.05) is 6.08 Å². The highest BCUT2D eigenvalue weighted by molar-refractivity contribution is 6.16. The van der Waals surface area contributed by atoms with Crippen molar-refractivity contribution in [1.29, 1.82) is 0 Å². The summed E-state index contributed by atoms with van der Waals surface area (Å²) in [6.07, 6.45) is 1.83. The summed E-state index contributed by atoms with van der Waals surface area (Å²) in [4.78, 5) is 38.3. The van der Waals surface area contributed by atoms with Crippen LogP contribution in [0.5, 0.6) is 0 Å². The molecule has 138 valence electrons. The fourth-order valence-electron chi connectivity index (χ4n) is 2.81. The maximum Gasteiger partial charge on any atom is 0.410 e. The van der Waals surface area contributed by atoms with Crippen molar-refractivity contribution in [2.24, 2.45) is 0 Å². The number of piperidine rings is 1. The number of ether oxygens (including phenoxy) is 3. The molecule has 0 aromatic heterocycles. The van der Waals surface area contributed by atoms with E-state index in [0.717, 1.165) is 0 Å². The molecule has 2 aliphatic rings. The number of amides is 1. The van der Waals surface area contributed by atoms with E-state index in [4.69, 9.17) is 14.2 Å². The molecule has 1 amide bonds. The van der Waals surface area contributed by atoms with E-state index in [0.29, 0.717) is 25.0 Å². The molecule has 2 rings (SSSR count). The van der Waals surface area contributed by atoms with Gasteiger partial charge in [0.05, 0.1) is 6.04 Å². The fourth-order valence-corrected chi connectivity index (χ4v) is 2.81. The van der Waals surface area contributed by atoms with Crippen LogP contribution in [0.2, 0.25) is 0 Å². The van der Waals surface area contributed by atoms with Crippen LogP contribution in [0.1, 0.15) is 47.5 Å². The molecule has 0 spiro atoms. The van der Waals surface area contributed by atoms with E-state index in [-0.39, 0.29) is 11.6 Å². The second-order valence-corrected chi connectivity index (χ2v) is 7.59. The normalized spacial score (nSPS) is 23.7. The van der Waals surface area contributed by atoms with Gasteiger partial charge < -0.3 is 19.1 Å². The van der Waals surface area contributed by atoms with Crippen molar-refractivity contribution in [3.63, 3.8) is 0 Å². The van der Waals surface area contributed by atoms with Gasteiger partial charge in [-0.2, -0.15) is 0 Å². The molecule has 1 atom stereocenters. The van der Waals surface area contributed by atoms with Crippen molar-refractivity contribution in [2.45, 2.75) is 64.9 Å². The van der Waals surface area contributed by atoms with E-state index < -0.39 is 29.4 Å². The minimum atomic E-state index is -1.27. The monoisotopic (exact) mass is 351 g/mol. The molecular weight excluding hydrogens is 326 g/mol. The summed E-state index contributed by atoms with van der Waals surface area (Å²) in [5.74, 6) is -2.65. The molecule has 1 unspecified atom stereocenters. The van der Waals surface area contributed by atoms with Crippen LogP contribution in [0.15, 0.2) is 23.8 Å². The molecular formula is C18H25NO6. The molecule has 0 N–H and O–H groups in total. The summed E-state index contributed by atoms with van der Waals surface area (Å²) in [5.41, 5.74) is -0.0744. The van der Waals surface area contributed by atoms with Crippen LogP contribution in [-0.2, 0) is 23.8 Å². The van der Waals surface area contributed by atoms with Crippen molar-refractivity contribution in [2.75, 3.05) is 6.54 Å². The van der Waals surface area contributed by atoms with Gasteiger partial charge in [0.15, 0.2) is 0 Å². The molecule has 7 nitrogen and oxygen atoms in total. The Labute approximate surface area is 147 Å². The zero-order chi connectivity index (χ0) is 19.0. The average Bonchev–Trinajstić information content (AvgIpc) is 2.42. The van der Waals surface area contributed by atoms with Crippen LogP contribution < -0.4 is 0 Å². The standard InChI is InChI=1S/C18H25NO6/c1-7-12-10-11(8-9-19(12)16(22)25-17(2,3)4)13-14(20)23-18(5,6)24-15(13)21/h7,12H,1,8-10H2,2-6H3. The van der Waals surface area contributed by atoms with Crippen LogP contribution in [0.3, 0.4) is 0 Å². The second kappa shape index (κ2) is 6.54. The van der Waals surface area contributed by atoms with Crippen molar-refractivity contribution >= 4 is 18.0 Å². The lowest BCUT2D eigenvalue weighted by molar-refractivity contribution is -0.222. The molecule has 0 aromatic rings. The number of nitrogens with zero attached hydrogens (tertiary/aromatic N) is 1. The molecule has 0 radical (unpaired) electrons. The van der Waals surface area contributed by atoms with E-state index in [1.807, 2.05) is 0 Å². The number of likely N-dealkylation sites (tertiary alicyclic amines) is 1. The Balaban J connectivity index is 2.21. The van der Waals surface area contributed by atoms with Crippen molar-refractivity contribution < 1.29 is 28.6 Å². The average molecular weight is 351 g/mol. The van der Waals surface area contributed by atoms with E-state index in [1.54, 1.807) is 31.7 Å². The number of carbonyl (C=O) groups is 3. The van der Waals surface area contributed by atoms with Crippen LogP contribution in [0.25, 0.3) is 0 Å². The first kappa shape index (κ1) is 19.0. The third-order valence-electron chi connectivity index (χ3n) is 3.85. The molecule has 0 aromatic carbocycles. The maximum absolute atomic E-state index is 12.3. The van der Waals surface area contributed by atoms with E-state index in [9.17, 15) is 14.4 Å². The Kier molecular flexibility index (Phi) is 4.97. The first-order chi connectivity index (χ1) is 11.4. The van der Waals surface area contributed by atoms with Crippen LogP contribution in [0, 0.1) is 0 Å². The van der Waals surface area contributed by atoms with Gasteiger partial charge in [0, 0.05) is 20.4 Å². The van der Waals surface area contributed by atoms with Gasteiger partial charge in [-0.15, -0.1) is 6.58 Å². The van der Waals surface area contributed by atoms with Crippen LogP contribution >= 0.6 is 0 Å². The Morgan fingerprint density at radius 3 is 2.32 bits per heavy atom. The lowest BCUT2D eigenvalue weighted by atomic mass is 9.92. The molecule has 2 fully saturated rings. The maximum atomic E-state index is 12.3. The lowest BCUT2D eigenvalue weighted by Crippen LogP contribution is -2.47. The number of rotatable bonds is 1. The molecule has 0 aliphatic carbocycles. The topological polar surface area (TPSA) is 82.1 Å². The summed E-state index contributed by atoms with van der Waals surface area (Å²) in [6, 6.07) is -0.373. The molecule has 2 heterocycles. The van der Waals surface area contributed by atoms with Crippen molar-refractivity contribution in [3.8, 4) is 0 Å². The highest BCUT2D eigenvalue weighted by Crippen LogP contribution is 2.32. The predicted molar refractivity (Wildman–Crippen MR) is 89.4 cm³/mol. The number of esters is 2. The molecule has 2 saturated heterocycles. The third kappa shape index (κ3) is 4.41. The number of hydrogen-bond donors (Lipinski definition) is 0.